The van der Waals surface area contributed by atoms with Crippen LogP contribution in [0.15, 0.2) is 58.4 Å². The predicted molar refractivity (Wildman–Crippen MR) is 98.9 cm³/mol. The predicted octanol–water partition coefficient (Wildman–Crippen LogP) is 4.13. The van der Waals surface area contributed by atoms with Gasteiger partial charge in [0.1, 0.15) is 11.3 Å². The van der Waals surface area contributed by atoms with Gasteiger partial charge in [0.15, 0.2) is 11.5 Å². The van der Waals surface area contributed by atoms with Crippen LogP contribution in [0.4, 0.5) is 5.13 Å². The quantitative estimate of drug-likeness (QED) is 0.433. The Hall–Kier alpha value is -3.39. The first kappa shape index (κ1) is 14.9. The van der Waals surface area contributed by atoms with E-state index in [0.717, 1.165) is 32.9 Å². The number of hydrogen-bond acceptors (Lipinski definition) is 8. The van der Waals surface area contributed by atoms with E-state index < -0.39 is 0 Å². The summed E-state index contributed by atoms with van der Waals surface area (Å²) < 4.78 is 16.7. The number of nitrogens with one attached hydrogen (secondary N) is 1. The average Bonchev–Trinajstić information content (AvgIpc) is 3.39. The molecule has 0 amide bonds. The average molecular weight is 364 g/mol. The molecule has 128 valence electrons. The third-order valence-corrected chi connectivity index (χ3v) is 4.73. The van der Waals surface area contributed by atoms with Crippen LogP contribution in [0.1, 0.15) is 5.56 Å². The van der Waals surface area contributed by atoms with E-state index >= 15 is 0 Å². The van der Waals surface area contributed by atoms with Crippen LogP contribution in [0, 0.1) is 0 Å². The van der Waals surface area contributed by atoms with E-state index in [-0.39, 0.29) is 6.79 Å². The first-order valence-corrected chi connectivity index (χ1v) is 8.65. The van der Waals surface area contributed by atoms with E-state index in [1.807, 2.05) is 30.3 Å². The van der Waals surface area contributed by atoms with Crippen molar-refractivity contribution in [2.75, 3.05) is 12.2 Å². The SMILES string of the molecule is C(=N\Nc1ncc(-c2cc3cc4c(cc3o2)OCO4)s1)/c1cccnc1. The molecule has 0 fully saturated rings. The van der Waals surface area contributed by atoms with Gasteiger partial charge in [0.2, 0.25) is 11.9 Å². The number of ether oxygens (including phenoxy) is 2. The van der Waals surface area contributed by atoms with Gasteiger partial charge in [-0.15, -0.1) is 0 Å². The minimum Gasteiger partial charge on any atom is -0.455 e. The number of fused-ring (bicyclic) bond motifs is 2. The standard InChI is InChI=1S/C18H12N4O3S/c1-2-11(7-19-3-1)8-21-22-18-20-9-17(26-18)16-5-12-4-14-15(24-10-23-14)6-13(12)25-16/h1-9H,10H2,(H,20,22)/b21-8+. The molecule has 26 heavy (non-hydrogen) atoms. The molecule has 0 unspecified atom stereocenters. The summed E-state index contributed by atoms with van der Waals surface area (Å²) in [4.78, 5) is 9.27. The molecule has 1 aliphatic heterocycles. The molecule has 1 aliphatic rings. The Morgan fingerprint density at radius 2 is 2.08 bits per heavy atom. The van der Waals surface area contributed by atoms with E-state index in [0.29, 0.717) is 10.9 Å². The lowest BCUT2D eigenvalue weighted by molar-refractivity contribution is 0.174. The molecule has 0 atom stereocenters. The van der Waals surface area contributed by atoms with E-state index in [9.17, 15) is 0 Å². The van der Waals surface area contributed by atoms with Crippen molar-refractivity contribution in [2.45, 2.75) is 0 Å². The summed E-state index contributed by atoms with van der Waals surface area (Å²) in [5.41, 5.74) is 4.58. The minimum atomic E-state index is 0.248. The second-order valence-corrected chi connectivity index (χ2v) is 6.57. The van der Waals surface area contributed by atoms with Crippen molar-refractivity contribution in [1.82, 2.24) is 9.97 Å². The van der Waals surface area contributed by atoms with Crippen molar-refractivity contribution in [1.29, 1.82) is 0 Å². The summed E-state index contributed by atoms with van der Waals surface area (Å²) in [6.07, 6.45) is 6.90. The van der Waals surface area contributed by atoms with E-state index in [2.05, 4.69) is 20.5 Å². The molecule has 1 N–H and O–H groups in total. The largest absolute Gasteiger partial charge is 0.455 e. The Morgan fingerprint density at radius 1 is 1.15 bits per heavy atom. The first-order chi connectivity index (χ1) is 12.8. The molecule has 0 spiro atoms. The molecule has 1 aromatic carbocycles. The van der Waals surface area contributed by atoms with Gasteiger partial charge in [0.05, 0.1) is 17.3 Å². The van der Waals surface area contributed by atoms with Crippen molar-refractivity contribution in [3.63, 3.8) is 0 Å². The van der Waals surface area contributed by atoms with Crippen LogP contribution in [0.25, 0.3) is 21.6 Å². The van der Waals surface area contributed by atoms with Crippen molar-refractivity contribution >= 4 is 33.7 Å². The van der Waals surface area contributed by atoms with Crippen LogP contribution in [0.3, 0.4) is 0 Å². The summed E-state index contributed by atoms with van der Waals surface area (Å²) in [7, 11) is 0. The van der Waals surface area contributed by atoms with Gasteiger partial charge >= 0.3 is 0 Å². The number of pyridine rings is 1. The Bertz CT molecular complexity index is 1060. The fourth-order valence-corrected chi connectivity index (χ4v) is 3.32. The third-order valence-electron chi connectivity index (χ3n) is 3.82. The van der Waals surface area contributed by atoms with Gasteiger partial charge in [-0.2, -0.15) is 5.10 Å². The maximum Gasteiger partial charge on any atom is 0.231 e. The molecule has 0 saturated carbocycles. The Labute approximate surface area is 151 Å². The number of benzene rings is 1. The number of hydrogen-bond donors (Lipinski definition) is 1. The normalized spacial score (nSPS) is 12.9. The first-order valence-electron chi connectivity index (χ1n) is 7.84. The summed E-state index contributed by atoms with van der Waals surface area (Å²) in [6.45, 7) is 0.248. The highest BCUT2D eigenvalue weighted by Crippen LogP contribution is 2.40. The summed E-state index contributed by atoms with van der Waals surface area (Å²) in [5.74, 6) is 2.18. The number of anilines is 1. The summed E-state index contributed by atoms with van der Waals surface area (Å²) >= 11 is 1.46. The zero-order valence-corrected chi connectivity index (χ0v) is 14.2. The summed E-state index contributed by atoms with van der Waals surface area (Å²) in [6, 6.07) is 9.51. The number of furan rings is 1. The lowest BCUT2D eigenvalue weighted by atomic mass is 10.2. The molecule has 5 rings (SSSR count). The van der Waals surface area contributed by atoms with Crippen LogP contribution in [0.2, 0.25) is 0 Å². The van der Waals surface area contributed by atoms with Gasteiger partial charge in [-0.05, 0) is 18.2 Å². The molecule has 0 saturated heterocycles. The summed E-state index contributed by atoms with van der Waals surface area (Å²) in [5, 5.41) is 5.81. The van der Waals surface area contributed by atoms with Crippen molar-refractivity contribution in [3.8, 4) is 22.1 Å². The molecule has 8 heteroatoms. The van der Waals surface area contributed by atoms with Crippen LogP contribution >= 0.6 is 11.3 Å². The van der Waals surface area contributed by atoms with E-state index in [1.54, 1.807) is 24.8 Å². The maximum atomic E-state index is 5.93. The maximum absolute atomic E-state index is 5.93. The zero-order valence-electron chi connectivity index (χ0n) is 13.4. The Kier molecular flexibility index (Phi) is 3.53. The Morgan fingerprint density at radius 3 is 2.96 bits per heavy atom. The smallest absolute Gasteiger partial charge is 0.231 e. The molecule has 0 bridgehead atoms. The second kappa shape index (κ2) is 6.16. The second-order valence-electron chi connectivity index (χ2n) is 5.54. The minimum absolute atomic E-state index is 0.248. The van der Waals surface area contributed by atoms with Gasteiger partial charge in [0, 0.05) is 29.4 Å². The van der Waals surface area contributed by atoms with Crippen LogP contribution in [-0.4, -0.2) is 23.0 Å². The topological polar surface area (TPSA) is 81.8 Å². The van der Waals surface area contributed by atoms with E-state index in [1.165, 1.54) is 11.3 Å². The van der Waals surface area contributed by atoms with Gasteiger partial charge in [-0.3, -0.25) is 10.4 Å². The highest BCUT2D eigenvalue weighted by atomic mass is 32.1. The van der Waals surface area contributed by atoms with Gasteiger partial charge < -0.3 is 13.9 Å². The van der Waals surface area contributed by atoms with Gasteiger partial charge in [-0.1, -0.05) is 17.4 Å². The molecular weight excluding hydrogens is 352 g/mol. The zero-order chi connectivity index (χ0) is 17.3. The van der Waals surface area contributed by atoms with Gasteiger partial charge in [-0.25, -0.2) is 4.98 Å². The number of thiazole rings is 1. The molecule has 3 aromatic heterocycles. The molecular formula is C18H12N4O3S. The van der Waals surface area contributed by atoms with Crippen molar-refractivity contribution < 1.29 is 13.9 Å². The Balaban J connectivity index is 1.36. The number of hydrazone groups is 1. The van der Waals surface area contributed by atoms with Crippen LogP contribution in [-0.2, 0) is 0 Å². The van der Waals surface area contributed by atoms with Gasteiger partial charge in [0.25, 0.3) is 0 Å². The fourth-order valence-electron chi connectivity index (χ4n) is 2.60. The van der Waals surface area contributed by atoms with Crippen LogP contribution in [0.5, 0.6) is 11.5 Å². The molecule has 4 heterocycles. The lowest BCUT2D eigenvalue weighted by Crippen LogP contribution is -1.92. The lowest BCUT2D eigenvalue weighted by Gasteiger charge is -1.94. The fraction of sp³-hybridized carbons (Fsp3) is 0.0556. The number of rotatable bonds is 4. The van der Waals surface area contributed by atoms with Crippen molar-refractivity contribution in [3.05, 3.63) is 54.5 Å². The number of nitrogens with zero attached hydrogens (tertiary/aromatic N) is 3. The number of aromatic nitrogens is 2. The highest BCUT2D eigenvalue weighted by molar-refractivity contribution is 7.18. The van der Waals surface area contributed by atoms with Crippen molar-refractivity contribution in [2.24, 2.45) is 5.10 Å². The highest BCUT2D eigenvalue weighted by Gasteiger charge is 2.17. The third kappa shape index (κ3) is 2.76. The monoisotopic (exact) mass is 364 g/mol. The molecule has 0 aliphatic carbocycles. The van der Waals surface area contributed by atoms with Crippen LogP contribution < -0.4 is 14.9 Å². The molecule has 4 aromatic rings. The molecule has 0 radical (unpaired) electrons. The van der Waals surface area contributed by atoms with E-state index in [4.69, 9.17) is 13.9 Å². The molecule has 7 nitrogen and oxygen atoms in total.